The molecule has 0 saturated carbocycles. The van der Waals surface area contributed by atoms with Crippen molar-refractivity contribution in [3.05, 3.63) is 29.2 Å². The standard InChI is InChI=1S/C15H18ClN3/c1-9(2)12-7-18-15(19-5-4-10(19)3)13-8-17-14(16)6-11(12)13/h6-10H,4-5H2,1-3H3/t10-/m0/s1. The first kappa shape index (κ1) is 12.7. The Labute approximate surface area is 118 Å². The van der Waals surface area contributed by atoms with Gasteiger partial charge in [-0.05, 0) is 36.3 Å². The summed E-state index contributed by atoms with van der Waals surface area (Å²) in [6.07, 6.45) is 5.08. The first-order valence-electron chi connectivity index (χ1n) is 6.78. The summed E-state index contributed by atoms with van der Waals surface area (Å²) in [5.74, 6) is 1.47. The van der Waals surface area contributed by atoms with Crippen molar-refractivity contribution in [2.45, 2.75) is 39.2 Å². The molecule has 1 aliphatic rings. The SMILES string of the molecule is CC(C)c1cnc(N2CC[C@@H]2C)c2cnc(Cl)cc12. The zero-order chi connectivity index (χ0) is 13.6. The van der Waals surface area contributed by atoms with Crippen molar-refractivity contribution in [2.75, 3.05) is 11.4 Å². The summed E-state index contributed by atoms with van der Waals surface area (Å²) in [5.41, 5.74) is 1.23. The van der Waals surface area contributed by atoms with Crippen molar-refractivity contribution >= 4 is 28.2 Å². The van der Waals surface area contributed by atoms with Crippen LogP contribution in [0.2, 0.25) is 5.15 Å². The zero-order valence-electron chi connectivity index (χ0n) is 11.5. The molecule has 19 heavy (non-hydrogen) atoms. The maximum atomic E-state index is 6.06. The predicted molar refractivity (Wildman–Crippen MR) is 80.1 cm³/mol. The molecule has 100 valence electrons. The molecule has 1 aliphatic heterocycles. The quantitative estimate of drug-likeness (QED) is 0.776. The van der Waals surface area contributed by atoms with Gasteiger partial charge < -0.3 is 4.90 Å². The topological polar surface area (TPSA) is 29.0 Å². The molecular formula is C15H18ClN3. The molecule has 0 aromatic carbocycles. The molecular weight excluding hydrogens is 258 g/mol. The number of hydrogen-bond donors (Lipinski definition) is 0. The van der Waals surface area contributed by atoms with E-state index in [4.69, 9.17) is 11.6 Å². The fourth-order valence-corrected chi connectivity index (χ4v) is 2.79. The molecule has 0 N–H and O–H groups in total. The molecule has 1 atom stereocenters. The van der Waals surface area contributed by atoms with Gasteiger partial charge in [-0.3, -0.25) is 0 Å². The van der Waals surface area contributed by atoms with Crippen LogP contribution >= 0.6 is 11.6 Å². The average molecular weight is 276 g/mol. The van der Waals surface area contributed by atoms with Crippen LogP contribution in [0.25, 0.3) is 10.8 Å². The molecule has 3 heterocycles. The van der Waals surface area contributed by atoms with Crippen molar-refractivity contribution < 1.29 is 0 Å². The minimum absolute atomic E-state index is 0.427. The van der Waals surface area contributed by atoms with Gasteiger partial charge in [-0.1, -0.05) is 25.4 Å². The molecule has 1 saturated heterocycles. The summed E-state index contributed by atoms with van der Waals surface area (Å²) in [4.78, 5) is 11.2. The van der Waals surface area contributed by atoms with E-state index in [0.29, 0.717) is 17.1 Å². The maximum Gasteiger partial charge on any atom is 0.138 e. The smallest absolute Gasteiger partial charge is 0.138 e. The minimum Gasteiger partial charge on any atom is -0.353 e. The molecule has 3 nitrogen and oxygen atoms in total. The summed E-state index contributed by atoms with van der Waals surface area (Å²) in [7, 11) is 0. The lowest BCUT2D eigenvalue weighted by Crippen LogP contribution is -2.46. The normalized spacial score (nSPS) is 19.0. The zero-order valence-corrected chi connectivity index (χ0v) is 12.3. The van der Waals surface area contributed by atoms with Crippen LogP contribution in [0.4, 0.5) is 5.82 Å². The molecule has 1 fully saturated rings. The van der Waals surface area contributed by atoms with Gasteiger partial charge >= 0.3 is 0 Å². The van der Waals surface area contributed by atoms with E-state index in [1.54, 1.807) is 0 Å². The van der Waals surface area contributed by atoms with E-state index in [-0.39, 0.29) is 0 Å². The number of hydrogen-bond acceptors (Lipinski definition) is 3. The van der Waals surface area contributed by atoms with Gasteiger partial charge in [-0.25, -0.2) is 9.97 Å². The largest absolute Gasteiger partial charge is 0.353 e. The fourth-order valence-electron chi connectivity index (χ4n) is 2.64. The third-order valence-corrected chi connectivity index (χ3v) is 4.17. The summed E-state index contributed by atoms with van der Waals surface area (Å²) >= 11 is 6.06. The van der Waals surface area contributed by atoms with E-state index in [9.17, 15) is 0 Å². The Morgan fingerprint density at radius 1 is 1.26 bits per heavy atom. The molecule has 2 aromatic rings. The van der Waals surface area contributed by atoms with Crippen molar-refractivity contribution in [1.29, 1.82) is 0 Å². The van der Waals surface area contributed by atoms with Gasteiger partial charge in [0, 0.05) is 30.4 Å². The Hall–Kier alpha value is -1.35. The van der Waals surface area contributed by atoms with E-state index in [2.05, 4.69) is 35.6 Å². The third-order valence-electron chi connectivity index (χ3n) is 3.96. The second kappa shape index (κ2) is 4.64. The van der Waals surface area contributed by atoms with Crippen LogP contribution in [0.1, 0.15) is 38.7 Å². The summed E-state index contributed by atoms with van der Waals surface area (Å²) in [5, 5.41) is 2.84. The molecule has 0 amide bonds. The second-order valence-corrected chi connectivity index (χ2v) is 5.96. The monoisotopic (exact) mass is 275 g/mol. The first-order valence-corrected chi connectivity index (χ1v) is 7.16. The third kappa shape index (κ3) is 2.06. The van der Waals surface area contributed by atoms with Crippen molar-refractivity contribution in [2.24, 2.45) is 0 Å². The number of rotatable bonds is 2. The lowest BCUT2D eigenvalue weighted by Gasteiger charge is -2.40. The van der Waals surface area contributed by atoms with Gasteiger partial charge in [0.25, 0.3) is 0 Å². The first-order chi connectivity index (χ1) is 9.08. The second-order valence-electron chi connectivity index (χ2n) is 5.58. The number of pyridine rings is 2. The number of halogens is 1. The highest BCUT2D eigenvalue weighted by Gasteiger charge is 2.27. The molecule has 2 aromatic heterocycles. The highest BCUT2D eigenvalue weighted by molar-refractivity contribution is 6.30. The van der Waals surface area contributed by atoms with Crippen molar-refractivity contribution in [3.63, 3.8) is 0 Å². The van der Waals surface area contributed by atoms with Crippen LogP contribution in [0.15, 0.2) is 18.5 Å². The van der Waals surface area contributed by atoms with Gasteiger partial charge in [0.05, 0.1) is 0 Å². The molecule has 0 unspecified atom stereocenters. The van der Waals surface area contributed by atoms with Gasteiger partial charge in [-0.2, -0.15) is 0 Å². The Kier molecular flexibility index (Phi) is 3.09. The van der Waals surface area contributed by atoms with Gasteiger partial charge in [0.15, 0.2) is 0 Å². The lowest BCUT2D eigenvalue weighted by atomic mass is 9.98. The Balaban J connectivity index is 2.23. The van der Waals surface area contributed by atoms with Gasteiger partial charge in [-0.15, -0.1) is 0 Å². The molecule has 4 heteroatoms. The van der Waals surface area contributed by atoms with E-state index in [0.717, 1.165) is 17.7 Å². The van der Waals surface area contributed by atoms with Gasteiger partial charge in [0.2, 0.25) is 0 Å². The predicted octanol–water partition coefficient (Wildman–Crippen LogP) is 4.01. The van der Waals surface area contributed by atoms with Crippen LogP contribution in [0.3, 0.4) is 0 Å². The average Bonchev–Trinajstić information content (AvgIpc) is 2.36. The molecule has 0 bridgehead atoms. The Bertz CT molecular complexity index is 624. The summed E-state index contributed by atoms with van der Waals surface area (Å²) < 4.78 is 0. The van der Waals surface area contributed by atoms with E-state index < -0.39 is 0 Å². The van der Waals surface area contributed by atoms with Crippen LogP contribution in [-0.2, 0) is 0 Å². The van der Waals surface area contributed by atoms with Crippen LogP contribution < -0.4 is 4.90 Å². The molecule has 0 aliphatic carbocycles. The van der Waals surface area contributed by atoms with Crippen LogP contribution in [-0.4, -0.2) is 22.6 Å². The highest BCUT2D eigenvalue weighted by atomic mass is 35.5. The maximum absolute atomic E-state index is 6.06. The molecule has 3 rings (SSSR count). The number of anilines is 1. The Morgan fingerprint density at radius 3 is 2.63 bits per heavy atom. The van der Waals surface area contributed by atoms with E-state index >= 15 is 0 Å². The number of fused-ring (bicyclic) bond motifs is 1. The Morgan fingerprint density at radius 2 is 2.05 bits per heavy atom. The molecule has 0 spiro atoms. The van der Waals surface area contributed by atoms with Crippen molar-refractivity contribution in [1.82, 2.24) is 9.97 Å². The van der Waals surface area contributed by atoms with Crippen LogP contribution in [0, 0.1) is 0 Å². The fraction of sp³-hybridized carbons (Fsp3) is 0.467. The van der Waals surface area contributed by atoms with Crippen LogP contribution in [0.5, 0.6) is 0 Å². The molecule has 0 radical (unpaired) electrons. The number of aromatic nitrogens is 2. The summed E-state index contributed by atoms with van der Waals surface area (Å²) in [6.45, 7) is 7.66. The highest BCUT2D eigenvalue weighted by Crippen LogP contribution is 2.35. The number of nitrogens with zero attached hydrogens (tertiary/aromatic N) is 3. The van der Waals surface area contributed by atoms with E-state index in [1.165, 1.54) is 17.4 Å². The minimum atomic E-state index is 0.427. The summed E-state index contributed by atoms with van der Waals surface area (Å²) in [6, 6.07) is 2.53. The lowest BCUT2D eigenvalue weighted by molar-refractivity contribution is 0.478. The van der Waals surface area contributed by atoms with E-state index in [1.807, 2.05) is 18.5 Å². The van der Waals surface area contributed by atoms with Gasteiger partial charge in [0.1, 0.15) is 11.0 Å². The van der Waals surface area contributed by atoms with Crippen molar-refractivity contribution in [3.8, 4) is 0 Å².